The molecule has 1 saturated heterocycles. The Balaban J connectivity index is 1.77. The summed E-state index contributed by atoms with van der Waals surface area (Å²) in [4.78, 5) is 10.9. The van der Waals surface area contributed by atoms with Crippen LogP contribution in [0.15, 0.2) is 35.7 Å². The number of benzene rings is 1. The molecule has 0 spiro atoms. The van der Waals surface area contributed by atoms with E-state index in [1.54, 1.807) is 23.5 Å². The van der Waals surface area contributed by atoms with E-state index in [4.69, 9.17) is 16.7 Å². The highest BCUT2D eigenvalue weighted by atomic mass is 35.5. The van der Waals surface area contributed by atoms with Gasteiger partial charge in [0, 0.05) is 6.04 Å². The summed E-state index contributed by atoms with van der Waals surface area (Å²) >= 11 is 7.84. The highest BCUT2D eigenvalue weighted by Crippen LogP contribution is 2.39. The van der Waals surface area contributed by atoms with Gasteiger partial charge in [-0.1, -0.05) is 23.7 Å². The number of hydrogen-bond donors (Lipinski definition) is 2. The first kappa shape index (κ1) is 14.6. The second-order valence-electron chi connectivity index (χ2n) is 5.30. The highest BCUT2D eigenvalue weighted by Gasteiger charge is 2.25. The molecule has 2 heterocycles. The van der Waals surface area contributed by atoms with E-state index in [0.29, 0.717) is 11.5 Å². The molecule has 0 radical (unpaired) electrons. The second-order valence-corrected chi connectivity index (χ2v) is 6.82. The van der Waals surface area contributed by atoms with Crippen LogP contribution in [0.3, 0.4) is 0 Å². The van der Waals surface area contributed by atoms with Gasteiger partial charge in [-0.25, -0.2) is 4.79 Å². The number of thiophene rings is 1. The van der Waals surface area contributed by atoms with Gasteiger partial charge in [0.2, 0.25) is 0 Å². The Kier molecular flexibility index (Phi) is 4.29. The molecule has 3 rings (SSSR count). The molecule has 0 saturated carbocycles. The maximum absolute atomic E-state index is 10.9. The van der Waals surface area contributed by atoms with Crippen LogP contribution in [0.5, 0.6) is 0 Å². The van der Waals surface area contributed by atoms with Gasteiger partial charge >= 0.3 is 5.97 Å². The van der Waals surface area contributed by atoms with Crippen molar-refractivity contribution in [3.8, 4) is 0 Å². The quantitative estimate of drug-likeness (QED) is 0.885. The van der Waals surface area contributed by atoms with Gasteiger partial charge < -0.3 is 10.4 Å². The van der Waals surface area contributed by atoms with E-state index in [1.807, 2.05) is 17.5 Å². The Labute approximate surface area is 132 Å². The summed E-state index contributed by atoms with van der Waals surface area (Å²) in [5.41, 5.74) is 2.71. The van der Waals surface area contributed by atoms with Crippen molar-refractivity contribution < 1.29 is 9.90 Å². The predicted molar refractivity (Wildman–Crippen MR) is 85.4 cm³/mol. The van der Waals surface area contributed by atoms with Crippen LogP contribution in [-0.2, 0) is 0 Å². The van der Waals surface area contributed by atoms with Crippen LogP contribution in [0.2, 0.25) is 4.34 Å². The molecule has 1 aliphatic rings. The monoisotopic (exact) mass is 321 g/mol. The summed E-state index contributed by atoms with van der Waals surface area (Å²) in [6.45, 7) is 0.947. The Morgan fingerprint density at radius 1 is 1.29 bits per heavy atom. The molecule has 2 N–H and O–H groups in total. The number of rotatable bonds is 3. The maximum atomic E-state index is 10.9. The third-order valence-corrected chi connectivity index (χ3v) is 5.25. The van der Waals surface area contributed by atoms with E-state index in [2.05, 4.69) is 11.4 Å². The van der Waals surface area contributed by atoms with Crippen molar-refractivity contribution in [1.29, 1.82) is 0 Å². The van der Waals surface area contributed by atoms with Gasteiger partial charge in [0.15, 0.2) is 0 Å². The first-order chi connectivity index (χ1) is 10.1. The third kappa shape index (κ3) is 3.12. The zero-order chi connectivity index (χ0) is 14.8. The topological polar surface area (TPSA) is 49.3 Å². The van der Waals surface area contributed by atoms with Crippen molar-refractivity contribution in [3.63, 3.8) is 0 Å². The van der Waals surface area contributed by atoms with Gasteiger partial charge in [-0.15, -0.1) is 11.3 Å². The van der Waals surface area contributed by atoms with Crippen molar-refractivity contribution in [2.45, 2.75) is 24.8 Å². The largest absolute Gasteiger partial charge is 0.478 e. The van der Waals surface area contributed by atoms with Crippen LogP contribution in [0.25, 0.3) is 0 Å². The Morgan fingerprint density at radius 3 is 2.67 bits per heavy atom. The molecular formula is C16H16ClNO2S. The molecule has 110 valence electrons. The summed E-state index contributed by atoms with van der Waals surface area (Å²) < 4.78 is 0.891. The molecule has 1 aliphatic heterocycles. The molecule has 1 aromatic heterocycles. The normalized spacial score (nSPS) is 22.1. The number of nitrogens with one attached hydrogen (secondary N) is 1. The average Bonchev–Trinajstić information content (AvgIpc) is 2.94. The number of halogens is 1. The lowest BCUT2D eigenvalue weighted by atomic mass is 9.85. The van der Waals surface area contributed by atoms with Crippen molar-refractivity contribution in [1.82, 2.24) is 5.32 Å². The molecule has 21 heavy (non-hydrogen) atoms. The smallest absolute Gasteiger partial charge is 0.335 e. The minimum Gasteiger partial charge on any atom is -0.478 e. The summed E-state index contributed by atoms with van der Waals surface area (Å²) in [6.07, 6.45) is 2.07. The third-order valence-electron chi connectivity index (χ3n) is 4.05. The lowest BCUT2D eigenvalue weighted by Gasteiger charge is -2.30. The summed E-state index contributed by atoms with van der Waals surface area (Å²) in [5, 5.41) is 14.5. The van der Waals surface area contributed by atoms with E-state index in [0.717, 1.165) is 29.3 Å². The number of hydrogen-bond acceptors (Lipinski definition) is 3. The number of carbonyl (C=O) groups is 1. The zero-order valence-corrected chi connectivity index (χ0v) is 13.0. The standard InChI is InChI=1S/C16H16ClNO2S/c17-15-13(6-8-21-15)12-5-7-18-14(9-12)10-1-3-11(4-2-10)16(19)20/h1-4,6,8,12,14,18H,5,7,9H2,(H,19,20)/t12?,14-/m0/s1. The van der Waals surface area contributed by atoms with Crippen LogP contribution < -0.4 is 5.32 Å². The van der Waals surface area contributed by atoms with E-state index < -0.39 is 5.97 Å². The van der Waals surface area contributed by atoms with E-state index in [-0.39, 0.29) is 6.04 Å². The van der Waals surface area contributed by atoms with Gasteiger partial charge in [0.05, 0.1) is 9.90 Å². The van der Waals surface area contributed by atoms with Crippen molar-refractivity contribution in [3.05, 3.63) is 56.7 Å². The molecule has 1 unspecified atom stereocenters. The van der Waals surface area contributed by atoms with Gasteiger partial charge in [0.25, 0.3) is 0 Å². The van der Waals surface area contributed by atoms with Crippen LogP contribution in [-0.4, -0.2) is 17.6 Å². The Hall–Kier alpha value is -1.36. The molecule has 0 amide bonds. The Morgan fingerprint density at radius 2 is 2.05 bits per heavy atom. The fraction of sp³-hybridized carbons (Fsp3) is 0.312. The summed E-state index contributed by atoms with van der Waals surface area (Å²) in [5.74, 6) is -0.421. The second kappa shape index (κ2) is 6.18. The first-order valence-corrected chi connectivity index (χ1v) is 8.20. The van der Waals surface area contributed by atoms with Gasteiger partial charge in [0.1, 0.15) is 0 Å². The van der Waals surface area contributed by atoms with Gasteiger partial charge in [-0.2, -0.15) is 0 Å². The van der Waals surface area contributed by atoms with Crippen molar-refractivity contribution in [2.75, 3.05) is 6.54 Å². The number of piperidine rings is 1. The van der Waals surface area contributed by atoms with Crippen LogP contribution >= 0.6 is 22.9 Å². The molecule has 0 bridgehead atoms. The number of carboxylic acids is 1. The highest BCUT2D eigenvalue weighted by molar-refractivity contribution is 7.14. The Bertz CT molecular complexity index is 638. The first-order valence-electron chi connectivity index (χ1n) is 6.94. The van der Waals surface area contributed by atoms with Gasteiger partial charge in [-0.05, 0) is 60.0 Å². The molecule has 2 atom stereocenters. The van der Waals surface area contributed by atoms with Crippen LogP contribution in [0.4, 0.5) is 0 Å². The molecule has 1 fully saturated rings. The van der Waals surface area contributed by atoms with E-state index in [9.17, 15) is 4.79 Å². The minimum absolute atomic E-state index is 0.252. The lowest BCUT2D eigenvalue weighted by Crippen LogP contribution is -2.30. The summed E-state index contributed by atoms with van der Waals surface area (Å²) in [7, 11) is 0. The molecule has 1 aromatic carbocycles. The van der Waals surface area contributed by atoms with Crippen LogP contribution in [0, 0.1) is 0 Å². The zero-order valence-electron chi connectivity index (χ0n) is 11.4. The fourth-order valence-corrected chi connectivity index (χ4v) is 3.99. The van der Waals surface area contributed by atoms with Crippen LogP contribution in [0.1, 0.15) is 46.3 Å². The van der Waals surface area contributed by atoms with E-state index >= 15 is 0 Å². The molecule has 0 aliphatic carbocycles. The number of carboxylic acid groups (broad SMARTS) is 1. The number of aromatic carboxylic acids is 1. The molecule has 5 heteroatoms. The minimum atomic E-state index is -0.888. The van der Waals surface area contributed by atoms with Crippen molar-refractivity contribution >= 4 is 28.9 Å². The maximum Gasteiger partial charge on any atom is 0.335 e. The predicted octanol–water partition coefficient (Wildman–Crippen LogP) is 4.31. The molecular weight excluding hydrogens is 306 g/mol. The van der Waals surface area contributed by atoms with Crippen molar-refractivity contribution in [2.24, 2.45) is 0 Å². The fourth-order valence-electron chi connectivity index (χ4n) is 2.91. The van der Waals surface area contributed by atoms with Gasteiger partial charge in [-0.3, -0.25) is 0 Å². The summed E-state index contributed by atoms with van der Waals surface area (Å²) in [6, 6.07) is 9.51. The molecule has 3 nitrogen and oxygen atoms in total. The van der Waals surface area contributed by atoms with E-state index in [1.165, 1.54) is 5.56 Å². The average molecular weight is 322 g/mol. The lowest BCUT2D eigenvalue weighted by molar-refractivity contribution is 0.0697. The molecule has 2 aromatic rings. The SMILES string of the molecule is O=C(O)c1ccc([C@@H]2CC(c3ccsc3Cl)CCN2)cc1.